The molecule has 0 aromatic heterocycles. The van der Waals surface area contributed by atoms with E-state index in [1.165, 1.54) is 0 Å². The Kier molecular flexibility index (Phi) is 12.7. The first-order chi connectivity index (χ1) is 16.3. The molecule has 1 aromatic rings. The number of hydrogen-bond acceptors (Lipinski definition) is 10. The predicted molar refractivity (Wildman–Crippen MR) is 128 cm³/mol. The highest BCUT2D eigenvalue weighted by Crippen LogP contribution is 2.31. The maximum absolute atomic E-state index is 6.12. The molecule has 9 nitrogen and oxygen atoms in total. The molecule has 2 bridgehead atoms. The normalized spacial score (nSPS) is 24.8. The van der Waals surface area contributed by atoms with Crippen LogP contribution in [0.1, 0.15) is 0 Å². The quantitative estimate of drug-likeness (QED) is 0.441. The monoisotopic (exact) mass is 481 g/mol. The second-order valence-electron chi connectivity index (χ2n) is 7.66. The van der Waals surface area contributed by atoms with Crippen molar-refractivity contribution in [2.24, 2.45) is 4.99 Å². The van der Waals surface area contributed by atoms with Gasteiger partial charge in [0.05, 0.1) is 63.7 Å². The molecule has 0 amide bonds. The van der Waals surface area contributed by atoms with Crippen molar-refractivity contribution in [1.82, 2.24) is 9.80 Å². The summed E-state index contributed by atoms with van der Waals surface area (Å²) in [5.41, 5.74) is 0.686. The molecule has 3 aliphatic rings. The Morgan fingerprint density at radius 1 is 0.606 bits per heavy atom. The molecule has 0 spiro atoms. The van der Waals surface area contributed by atoms with E-state index in [1.807, 2.05) is 18.2 Å². The minimum atomic E-state index is 0.499. The van der Waals surface area contributed by atoms with Gasteiger partial charge in [-0.3, -0.25) is 9.80 Å². The molecule has 184 valence electrons. The van der Waals surface area contributed by atoms with Gasteiger partial charge in [0.2, 0.25) is 0 Å². The van der Waals surface area contributed by atoms with E-state index >= 15 is 0 Å². The number of hydrogen-bond donors (Lipinski definition) is 0. The highest BCUT2D eigenvalue weighted by atomic mass is 32.1. The summed E-state index contributed by atoms with van der Waals surface area (Å²) < 4.78 is 35.3. The van der Waals surface area contributed by atoms with Crippen LogP contribution in [0.3, 0.4) is 0 Å². The van der Waals surface area contributed by atoms with Crippen molar-refractivity contribution in [1.29, 1.82) is 0 Å². The fourth-order valence-corrected chi connectivity index (χ4v) is 3.62. The summed E-state index contributed by atoms with van der Waals surface area (Å²) in [5, 5.41) is 2.41. The van der Waals surface area contributed by atoms with Crippen molar-refractivity contribution < 1.29 is 28.4 Å². The number of nitrogens with zero attached hydrogens (tertiary/aromatic N) is 3. The smallest absolute Gasteiger partial charge is 0.163 e. The van der Waals surface area contributed by atoms with Gasteiger partial charge in [-0.15, -0.1) is 0 Å². The lowest BCUT2D eigenvalue weighted by Gasteiger charge is -2.25. The van der Waals surface area contributed by atoms with Crippen LogP contribution in [-0.2, 0) is 18.9 Å². The summed E-state index contributed by atoms with van der Waals surface area (Å²) in [6.45, 7) is 10.5. The van der Waals surface area contributed by atoms with E-state index < -0.39 is 0 Å². The predicted octanol–water partition coefficient (Wildman–Crippen LogP) is 1.88. The Labute approximate surface area is 201 Å². The Hall–Kier alpha value is -1.62. The number of isothiocyanates is 1. The molecular formula is C23H35N3O6S. The molecule has 0 aliphatic carbocycles. The van der Waals surface area contributed by atoms with Crippen LogP contribution in [0.2, 0.25) is 0 Å². The molecule has 0 saturated carbocycles. The third kappa shape index (κ3) is 10.5. The van der Waals surface area contributed by atoms with Crippen LogP contribution >= 0.6 is 12.2 Å². The van der Waals surface area contributed by atoms with Gasteiger partial charge in [-0.25, -0.2) is 0 Å². The lowest BCUT2D eigenvalue weighted by atomic mass is 10.3. The van der Waals surface area contributed by atoms with Gasteiger partial charge in [0, 0.05) is 45.3 Å². The van der Waals surface area contributed by atoms with E-state index in [-0.39, 0.29) is 0 Å². The maximum atomic E-state index is 6.12. The van der Waals surface area contributed by atoms with Crippen LogP contribution in [-0.4, -0.2) is 120 Å². The van der Waals surface area contributed by atoms with Crippen molar-refractivity contribution in [3.05, 3.63) is 18.2 Å². The van der Waals surface area contributed by atoms with Crippen LogP contribution in [0.5, 0.6) is 11.5 Å². The number of rotatable bonds is 1. The number of aliphatic imine (C=N–C) groups is 1. The second kappa shape index (κ2) is 16.1. The van der Waals surface area contributed by atoms with Gasteiger partial charge >= 0.3 is 0 Å². The summed E-state index contributed by atoms with van der Waals surface area (Å²) >= 11 is 4.75. The minimum absolute atomic E-state index is 0.499. The zero-order valence-electron chi connectivity index (χ0n) is 19.2. The Morgan fingerprint density at radius 3 is 1.55 bits per heavy atom. The molecule has 1 aromatic carbocycles. The van der Waals surface area contributed by atoms with E-state index in [9.17, 15) is 0 Å². The topological polar surface area (TPSA) is 74.2 Å². The third-order valence-corrected chi connectivity index (χ3v) is 5.47. The molecule has 0 atom stereocenters. The summed E-state index contributed by atoms with van der Waals surface area (Å²) in [7, 11) is 0. The van der Waals surface area contributed by atoms with Crippen LogP contribution < -0.4 is 9.47 Å². The highest BCUT2D eigenvalue weighted by molar-refractivity contribution is 7.78. The van der Waals surface area contributed by atoms with Gasteiger partial charge < -0.3 is 28.4 Å². The summed E-state index contributed by atoms with van der Waals surface area (Å²) in [4.78, 5) is 8.62. The van der Waals surface area contributed by atoms with Crippen molar-refractivity contribution >= 4 is 23.1 Å². The Bertz CT molecular complexity index is 714. The zero-order chi connectivity index (χ0) is 23.0. The van der Waals surface area contributed by atoms with Crippen LogP contribution in [0.25, 0.3) is 0 Å². The molecule has 3 heterocycles. The van der Waals surface area contributed by atoms with Gasteiger partial charge in [-0.1, -0.05) is 0 Å². The number of ether oxygens (including phenoxy) is 6. The lowest BCUT2D eigenvalue weighted by Crippen LogP contribution is -2.36. The summed E-state index contributed by atoms with van der Waals surface area (Å²) in [6, 6.07) is 5.55. The SMILES string of the molecule is S=C=Nc1ccc2c(c1)OCCN1CCOCCOCCN(CCOCCOCC1)CCO2. The van der Waals surface area contributed by atoms with Crippen LogP contribution in [0, 0.1) is 0 Å². The van der Waals surface area contributed by atoms with E-state index in [0.717, 1.165) is 39.3 Å². The minimum Gasteiger partial charge on any atom is -0.488 e. The maximum Gasteiger partial charge on any atom is 0.163 e. The fourth-order valence-electron chi connectivity index (χ4n) is 3.51. The van der Waals surface area contributed by atoms with Crippen molar-refractivity contribution in [2.45, 2.75) is 0 Å². The van der Waals surface area contributed by atoms with Crippen molar-refractivity contribution in [3.8, 4) is 11.5 Å². The van der Waals surface area contributed by atoms with Gasteiger partial charge in [0.1, 0.15) is 13.2 Å². The first-order valence-electron chi connectivity index (χ1n) is 11.6. The lowest BCUT2D eigenvalue weighted by molar-refractivity contribution is 0.00506. The summed E-state index contributed by atoms with van der Waals surface area (Å²) in [5.74, 6) is 1.33. The van der Waals surface area contributed by atoms with Crippen LogP contribution in [0.4, 0.5) is 5.69 Å². The fraction of sp³-hybridized carbons (Fsp3) is 0.696. The van der Waals surface area contributed by atoms with Gasteiger partial charge in [-0.05, 0) is 24.4 Å². The van der Waals surface area contributed by atoms with Crippen LogP contribution in [0.15, 0.2) is 23.2 Å². The van der Waals surface area contributed by atoms with E-state index in [1.54, 1.807) is 0 Å². The average molecular weight is 482 g/mol. The molecule has 4 rings (SSSR count). The van der Waals surface area contributed by atoms with Crippen molar-refractivity contribution in [2.75, 3.05) is 105 Å². The highest BCUT2D eigenvalue weighted by Gasteiger charge is 2.12. The molecular weight excluding hydrogens is 446 g/mol. The first-order valence-corrected chi connectivity index (χ1v) is 12.0. The van der Waals surface area contributed by atoms with E-state index in [4.69, 9.17) is 40.6 Å². The van der Waals surface area contributed by atoms with Crippen molar-refractivity contribution in [3.63, 3.8) is 0 Å². The van der Waals surface area contributed by atoms with E-state index in [0.29, 0.717) is 83.3 Å². The zero-order valence-corrected chi connectivity index (χ0v) is 20.1. The Morgan fingerprint density at radius 2 is 1.06 bits per heavy atom. The number of fused-ring (bicyclic) bond motifs is 18. The average Bonchev–Trinajstić information content (AvgIpc) is 2.81. The largest absolute Gasteiger partial charge is 0.488 e. The standard InChI is InChI=1S/C23H35N3O6S/c33-20-24-21-1-2-22-23(19-21)32-14-8-26-5-11-29-17-15-27-9-3-25(7-13-31-22)4-10-28-16-18-30-12-6-26/h1-2,19H,3-18H2. The molecule has 0 unspecified atom stereocenters. The third-order valence-electron chi connectivity index (χ3n) is 5.38. The van der Waals surface area contributed by atoms with Gasteiger partial charge in [0.25, 0.3) is 0 Å². The first kappa shape index (κ1) is 26.0. The number of benzene rings is 1. The van der Waals surface area contributed by atoms with E-state index in [2.05, 4.69) is 20.0 Å². The molecule has 1 fully saturated rings. The molecule has 0 N–H and O–H groups in total. The molecule has 10 heteroatoms. The molecule has 1 saturated heterocycles. The van der Waals surface area contributed by atoms with Gasteiger partial charge in [0.15, 0.2) is 11.5 Å². The van der Waals surface area contributed by atoms with Gasteiger partial charge in [-0.2, -0.15) is 4.99 Å². The molecule has 33 heavy (non-hydrogen) atoms. The Balaban J connectivity index is 1.75. The number of thiocarbonyl (C=S) groups is 1. The second-order valence-corrected chi connectivity index (χ2v) is 7.85. The summed E-state index contributed by atoms with van der Waals surface area (Å²) in [6.07, 6.45) is 0. The molecule has 3 aliphatic heterocycles. The molecule has 0 radical (unpaired) electrons.